The summed E-state index contributed by atoms with van der Waals surface area (Å²) in [5, 5.41) is 9.82. The third kappa shape index (κ3) is 2.92. The van der Waals surface area contributed by atoms with E-state index in [1.165, 1.54) is 22.3 Å². The highest BCUT2D eigenvalue weighted by molar-refractivity contribution is 8.27. The van der Waals surface area contributed by atoms with Crippen LogP contribution in [0.1, 0.15) is 15.9 Å². The normalized spacial score (nSPS) is 16.0. The van der Waals surface area contributed by atoms with E-state index in [9.17, 15) is 14.7 Å². The van der Waals surface area contributed by atoms with Crippen LogP contribution in [-0.2, 0) is 4.79 Å². The molecule has 5 nitrogen and oxygen atoms in total. The highest BCUT2D eigenvalue weighted by Gasteiger charge is 2.35. The molecule has 1 saturated heterocycles. The molecule has 1 aromatic heterocycles. The van der Waals surface area contributed by atoms with Crippen molar-refractivity contribution < 1.29 is 14.7 Å². The Kier molecular flexibility index (Phi) is 4.31. The molecule has 0 radical (unpaired) electrons. The summed E-state index contributed by atoms with van der Waals surface area (Å²) in [6.07, 6.45) is 1.57. The summed E-state index contributed by atoms with van der Waals surface area (Å²) in [5.74, 6) is -1.34. The molecule has 0 aliphatic carbocycles. The van der Waals surface area contributed by atoms with Gasteiger partial charge in [0.25, 0.3) is 5.91 Å². The largest absolute Gasteiger partial charge is 0.478 e. The van der Waals surface area contributed by atoms with Gasteiger partial charge in [-0.25, -0.2) is 14.7 Å². The highest BCUT2D eigenvalue weighted by Crippen LogP contribution is 2.39. The molecular weight excluding hydrogens is 388 g/mol. The van der Waals surface area contributed by atoms with Crippen LogP contribution >= 0.6 is 35.3 Å². The summed E-state index contributed by atoms with van der Waals surface area (Å²) in [6, 6.07) is 14.2. The average molecular weight is 398 g/mol. The third-order valence-corrected chi connectivity index (χ3v) is 6.07. The van der Waals surface area contributed by atoms with Crippen LogP contribution in [0.2, 0.25) is 0 Å². The van der Waals surface area contributed by atoms with Crippen LogP contribution in [0.4, 0.5) is 5.13 Å². The number of carbonyl (C=O) groups is 2. The van der Waals surface area contributed by atoms with Crippen molar-refractivity contribution in [2.24, 2.45) is 0 Å². The molecule has 3 aromatic rings. The standard InChI is InChI=1S/C18H10N2O3S3/c21-15-14(9-10-5-1-2-6-11(10)16(22)23)26-18(24)20(15)17-19-12-7-3-4-8-13(12)25-17/h1-9H,(H,22,23)/b14-9-. The van der Waals surface area contributed by atoms with Crippen LogP contribution in [-0.4, -0.2) is 26.3 Å². The first-order chi connectivity index (χ1) is 12.5. The Morgan fingerprint density at radius 1 is 1.15 bits per heavy atom. The van der Waals surface area contributed by atoms with Crippen LogP contribution in [0.15, 0.2) is 53.4 Å². The van der Waals surface area contributed by atoms with Crippen molar-refractivity contribution in [3.05, 3.63) is 64.6 Å². The van der Waals surface area contributed by atoms with Crippen molar-refractivity contribution in [3.8, 4) is 0 Å². The molecule has 1 N–H and O–H groups in total. The van der Waals surface area contributed by atoms with Gasteiger partial charge in [-0.15, -0.1) is 0 Å². The number of rotatable bonds is 3. The van der Waals surface area contributed by atoms with Crippen LogP contribution in [0.3, 0.4) is 0 Å². The molecule has 4 rings (SSSR count). The lowest BCUT2D eigenvalue weighted by Crippen LogP contribution is -2.27. The molecule has 2 heterocycles. The number of benzene rings is 2. The molecule has 0 unspecified atom stereocenters. The van der Waals surface area contributed by atoms with Gasteiger partial charge in [0.2, 0.25) is 0 Å². The number of para-hydroxylation sites is 1. The first-order valence-electron chi connectivity index (χ1n) is 7.50. The predicted octanol–water partition coefficient (Wildman–Crippen LogP) is 4.40. The van der Waals surface area contributed by atoms with Gasteiger partial charge >= 0.3 is 5.97 Å². The van der Waals surface area contributed by atoms with Crippen molar-refractivity contribution in [2.45, 2.75) is 0 Å². The molecule has 1 fully saturated rings. The Morgan fingerprint density at radius 3 is 2.65 bits per heavy atom. The highest BCUT2D eigenvalue weighted by atomic mass is 32.2. The summed E-state index contributed by atoms with van der Waals surface area (Å²) >= 11 is 7.89. The van der Waals surface area contributed by atoms with E-state index in [2.05, 4.69) is 4.98 Å². The van der Waals surface area contributed by atoms with Gasteiger partial charge in [0, 0.05) is 0 Å². The van der Waals surface area contributed by atoms with Crippen molar-refractivity contribution in [1.29, 1.82) is 0 Å². The molecule has 0 spiro atoms. The maximum Gasteiger partial charge on any atom is 0.336 e. The van der Waals surface area contributed by atoms with E-state index < -0.39 is 5.97 Å². The average Bonchev–Trinajstić information content (AvgIpc) is 3.15. The SMILES string of the molecule is O=C(O)c1ccccc1/C=C1\SC(=S)N(c2nc3ccccc3s2)C1=O. The van der Waals surface area contributed by atoms with E-state index in [-0.39, 0.29) is 11.5 Å². The van der Waals surface area contributed by atoms with Gasteiger partial charge in [-0.2, -0.15) is 0 Å². The lowest BCUT2D eigenvalue weighted by Gasteiger charge is -2.09. The summed E-state index contributed by atoms with van der Waals surface area (Å²) < 4.78 is 1.35. The number of hydrogen-bond acceptors (Lipinski definition) is 6. The fourth-order valence-electron chi connectivity index (χ4n) is 2.55. The number of aromatic nitrogens is 1. The fraction of sp³-hybridized carbons (Fsp3) is 0. The van der Waals surface area contributed by atoms with Gasteiger partial charge in [-0.3, -0.25) is 4.79 Å². The Balaban J connectivity index is 1.73. The first kappa shape index (κ1) is 16.9. The first-order valence-corrected chi connectivity index (χ1v) is 9.54. The van der Waals surface area contributed by atoms with E-state index in [0.717, 1.165) is 22.0 Å². The third-order valence-electron chi connectivity index (χ3n) is 3.75. The quantitative estimate of drug-likeness (QED) is 0.521. The predicted molar refractivity (Wildman–Crippen MR) is 109 cm³/mol. The number of thiazole rings is 1. The zero-order chi connectivity index (χ0) is 18.3. The fourth-order valence-corrected chi connectivity index (χ4v) is 4.89. The maximum absolute atomic E-state index is 12.8. The number of fused-ring (bicyclic) bond motifs is 1. The number of aromatic carboxylic acids is 1. The topological polar surface area (TPSA) is 70.5 Å². The minimum absolute atomic E-state index is 0.137. The number of thioether (sulfide) groups is 1. The lowest BCUT2D eigenvalue weighted by molar-refractivity contribution is -0.113. The number of nitrogens with zero attached hydrogens (tertiary/aromatic N) is 2. The maximum atomic E-state index is 12.8. The number of hydrogen-bond donors (Lipinski definition) is 1. The minimum Gasteiger partial charge on any atom is -0.478 e. The summed E-state index contributed by atoms with van der Waals surface area (Å²) in [6.45, 7) is 0. The van der Waals surface area contributed by atoms with Gasteiger partial charge in [0.05, 0.1) is 20.7 Å². The zero-order valence-corrected chi connectivity index (χ0v) is 15.5. The monoisotopic (exact) mass is 398 g/mol. The Labute approximate surface area is 162 Å². The molecule has 1 aliphatic rings. The molecule has 128 valence electrons. The Bertz CT molecular complexity index is 1070. The van der Waals surface area contributed by atoms with Gasteiger partial charge in [0.1, 0.15) is 0 Å². The number of amides is 1. The lowest BCUT2D eigenvalue weighted by atomic mass is 10.1. The van der Waals surface area contributed by atoms with Gasteiger partial charge in [-0.05, 0) is 29.8 Å². The second kappa shape index (κ2) is 6.64. The van der Waals surface area contributed by atoms with Crippen molar-refractivity contribution in [2.75, 3.05) is 4.90 Å². The number of carbonyl (C=O) groups excluding carboxylic acids is 1. The number of anilines is 1. The molecule has 1 aliphatic heterocycles. The number of carboxylic acids is 1. The van der Waals surface area contributed by atoms with Crippen molar-refractivity contribution in [1.82, 2.24) is 4.98 Å². The molecule has 2 aromatic carbocycles. The van der Waals surface area contributed by atoms with E-state index in [1.54, 1.807) is 24.3 Å². The number of carboxylic acid groups (broad SMARTS) is 1. The van der Waals surface area contributed by atoms with Gasteiger partial charge in [0.15, 0.2) is 9.45 Å². The molecule has 8 heteroatoms. The second-order valence-corrected chi connectivity index (χ2v) is 8.06. The van der Waals surface area contributed by atoms with Crippen LogP contribution < -0.4 is 4.90 Å². The number of thiocarbonyl (C=S) groups is 1. The smallest absolute Gasteiger partial charge is 0.336 e. The van der Waals surface area contributed by atoms with E-state index in [4.69, 9.17) is 12.2 Å². The van der Waals surface area contributed by atoms with Crippen LogP contribution in [0.5, 0.6) is 0 Å². The molecule has 0 atom stereocenters. The van der Waals surface area contributed by atoms with Crippen LogP contribution in [0, 0.1) is 0 Å². The molecule has 0 saturated carbocycles. The Hall–Kier alpha value is -2.55. The second-order valence-electron chi connectivity index (χ2n) is 5.37. The summed E-state index contributed by atoms with van der Waals surface area (Å²) in [5.41, 5.74) is 1.41. The molecular formula is C18H10N2O3S3. The molecule has 0 bridgehead atoms. The van der Waals surface area contributed by atoms with E-state index in [1.807, 2.05) is 24.3 Å². The molecule has 1 amide bonds. The molecule has 26 heavy (non-hydrogen) atoms. The summed E-state index contributed by atoms with van der Waals surface area (Å²) in [4.78, 5) is 30.5. The van der Waals surface area contributed by atoms with Crippen LogP contribution in [0.25, 0.3) is 16.3 Å². The van der Waals surface area contributed by atoms with Gasteiger partial charge < -0.3 is 5.11 Å². The van der Waals surface area contributed by atoms with E-state index in [0.29, 0.717) is 19.9 Å². The minimum atomic E-state index is -1.04. The zero-order valence-electron chi connectivity index (χ0n) is 13.1. The summed E-state index contributed by atoms with van der Waals surface area (Å²) in [7, 11) is 0. The van der Waals surface area contributed by atoms with E-state index >= 15 is 0 Å². The van der Waals surface area contributed by atoms with Crippen molar-refractivity contribution in [3.63, 3.8) is 0 Å². The van der Waals surface area contributed by atoms with Crippen molar-refractivity contribution >= 4 is 72.9 Å². The Morgan fingerprint density at radius 2 is 1.88 bits per heavy atom. The van der Waals surface area contributed by atoms with Gasteiger partial charge in [-0.1, -0.05) is 65.6 Å².